The van der Waals surface area contributed by atoms with E-state index < -0.39 is 0 Å². The molecule has 0 unspecified atom stereocenters. The molecule has 1 heterocycles. The van der Waals surface area contributed by atoms with Gasteiger partial charge in [-0.1, -0.05) is 0 Å². The molecule has 1 aromatic heterocycles. The van der Waals surface area contributed by atoms with Gasteiger partial charge in [0, 0.05) is 12.6 Å². The molecule has 0 saturated heterocycles. The lowest BCUT2D eigenvalue weighted by molar-refractivity contribution is 0.0942. The van der Waals surface area contributed by atoms with Crippen molar-refractivity contribution >= 4 is 5.91 Å². The molecular weight excluding hydrogens is 220 g/mol. The first-order valence-corrected chi connectivity index (χ1v) is 5.83. The third-order valence-corrected chi connectivity index (χ3v) is 2.65. The van der Waals surface area contributed by atoms with Crippen LogP contribution < -0.4 is 5.32 Å². The van der Waals surface area contributed by atoms with Crippen LogP contribution in [0.3, 0.4) is 0 Å². The van der Waals surface area contributed by atoms with Gasteiger partial charge < -0.3 is 10.2 Å². The first-order valence-electron chi connectivity index (χ1n) is 5.83. The fraction of sp³-hybridized carbons (Fsp3) is 0.800. The molecule has 1 amide bonds. The van der Waals surface area contributed by atoms with Gasteiger partial charge in [-0.25, -0.2) is 0 Å². The topological polar surface area (TPSA) is 86.8 Å². The number of carbonyl (C=O) groups excluding carboxylic acids is 1. The van der Waals surface area contributed by atoms with E-state index in [0.29, 0.717) is 12.6 Å². The fourth-order valence-corrected chi connectivity index (χ4v) is 1.28. The largest absolute Gasteiger partial charge is 0.349 e. The highest BCUT2D eigenvalue weighted by atomic mass is 16.2. The van der Waals surface area contributed by atoms with Crippen molar-refractivity contribution < 1.29 is 4.79 Å². The average Bonchev–Trinajstić information content (AvgIpc) is 2.81. The van der Waals surface area contributed by atoms with Crippen LogP contribution in [0, 0.1) is 0 Å². The Hall–Kier alpha value is -1.50. The van der Waals surface area contributed by atoms with Crippen molar-refractivity contribution in [3.63, 3.8) is 0 Å². The molecule has 1 aromatic rings. The zero-order chi connectivity index (χ0) is 12.7. The van der Waals surface area contributed by atoms with Gasteiger partial charge in [0.25, 0.3) is 11.7 Å². The van der Waals surface area contributed by atoms with Crippen LogP contribution >= 0.6 is 0 Å². The van der Waals surface area contributed by atoms with E-state index in [2.05, 4.69) is 51.7 Å². The van der Waals surface area contributed by atoms with E-state index >= 15 is 0 Å². The Bertz CT molecular complexity index is 324. The number of hydrogen-bond acceptors (Lipinski definition) is 5. The van der Waals surface area contributed by atoms with Gasteiger partial charge in [-0.05, 0) is 45.5 Å². The van der Waals surface area contributed by atoms with Crippen LogP contribution in [-0.2, 0) is 0 Å². The number of amides is 1. The highest BCUT2D eigenvalue weighted by Gasteiger charge is 2.09. The van der Waals surface area contributed by atoms with E-state index in [1.165, 1.54) is 0 Å². The van der Waals surface area contributed by atoms with Gasteiger partial charge in [-0.15, -0.1) is 10.2 Å². The molecule has 0 spiro atoms. The highest BCUT2D eigenvalue weighted by Crippen LogP contribution is 1.97. The van der Waals surface area contributed by atoms with Crippen LogP contribution in [0.4, 0.5) is 0 Å². The van der Waals surface area contributed by atoms with Crippen molar-refractivity contribution in [2.45, 2.75) is 32.7 Å². The first kappa shape index (κ1) is 13.6. The van der Waals surface area contributed by atoms with Gasteiger partial charge in [-0.3, -0.25) is 4.79 Å². The molecule has 0 aliphatic carbocycles. The molecule has 0 radical (unpaired) electrons. The summed E-state index contributed by atoms with van der Waals surface area (Å²) in [6, 6.07) is 0.559. The lowest BCUT2D eigenvalue weighted by Gasteiger charge is -2.20. The van der Waals surface area contributed by atoms with Crippen molar-refractivity contribution in [1.29, 1.82) is 0 Å². The maximum absolute atomic E-state index is 11.4. The van der Waals surface area contributed by atoms with Gasteiger partial charge in [0.1, 0.15) is 0 Å². The van der Waals surface area contributed by atoms with Crippen LogP contribution in [0.25, 0.3) is 0 Å². The number of aromatic amines is 1. The molecule has 7 nitrogen and oxygen atoms in total. The third-order valence-electron chi connectivity index (χ3n) is 2.65. The number of nitrogens with zero attached hydrogens (tertiary/aromatic N) is 4. The average molecular weight is 240 g/mol. The predicted octanol–water partition coefficient (Wildman–Crippen LogP) is 0.0499. The molecule has 0 aliphatic rings. The van der Waals surface area contributed by atoms with Crippen molar-refractivity contribution in [3.8, 4) is 0 Å². The molecule has 7 heteroatoms. The number of nitrogens with one attached hydrogen (secondary N) is 2. The Balaban J connectivity index is 2.07. The molecule has 0 aliphatic heterocycles. The van der Waals surface area contributed by atoms with E-state index in [4.69, 9.17) is 0 Å². The van der Waals surface area contributed by atoms with E-state index in [1.54, 1.807) is 0 Å². The monoisotopic (exact) mass is 240 g/mol. The predicted molar refractivity (Wildman–Crippen MR) is 63.5 cm³/mol. The second-order valence-electron chi connectivity index (χ2n) is 4.27. The second kappa shape index (κ2) is 6.95. The molecule has 0 aromatic carbocycles. The maximum Gasteiger partial charge on any atom is 0.292 e. The van der Waals surface area contributed by atoms with E-state index in [-0.39, 0.29) is 11.7 Å². The SMILES string of the molecule is CC(C)N(C)CCCCNC(=O)c1nn[nH]n1. The first-order chi connectivity index (χ1) is 8.11. The van der Waals surface area contributed by atoms with Gasteiger partial charge in [0.15, 0.2) is 0 Å². The number of carbonyl (C=O) groups is 1. The Morgan fingerprint density at radius 2 is 2.24 bits per heavy atom. The van der Waals surface area contributed by atoms with E-state index in [0.717, 1.165) is 19.4 Å². The van der Waals surface area contributed by atoms with E-state index in [9.17, 15) is 4.79 Å². The summed E-state index contributed by atoms with van der Waals surface area (Å²) < 4.78 is 0. The Labute approximate surface area is 101 Å². The normalized spacial score (nSPS) is 11.1. The molecule has 1 rings (SSSR count). The Morgan fingerprint density at radius 1 is 1.47 bits per heavy atom. The van der Waals surface area contributed by atoms with Crippen LogP contribution in [0.1, 0.15) is 37.3 Å². The zero-order valence-electron chi connectivity index (χ0n) is 10.6. The summed E-state index contributed by atoms with van der Waals surface area (Å²) in [5.74, 6) is -0.194. The number of aromatic nitrogens is 4. The summed E-state index contributed by atoms with van der Waals surface area (Å²) in [5, 5.41) is 15.5. The lowest BCUT2D eigenvalue weighted by Crippen LogP contribution is -2.29. The van der Waals surface area contributed by atoms with Crippen LogP contribution in [0.2, 0.25) is 0 Å². The van der Waals surface area contributed by atoms with Crippen LogP contribution in [0.5, 0.6) is 0 Å². The van der Waals surface area contributed by atoms with Gasteiger partial charge in [-0.2, -0.15) is 5.21 Å². The van der Waals surface area contributed by atoms with Crippen molar-refractivity contribution in [2.24, 2.45) is 0 Å². The number of H-pyrrole nitrogens is 1. The Kier molecular flexibility index (Phi) is 5.55. The number of rotatable bonds is 7. The fourth-order valence-electron chi connectivity index (χ4n) is 1.28. The minimum absolute atomic E-state index is 0.0873. The number of tetrazole rings is 1. The molecule has 0 fully saturated rings. The standard InChI is InChI=1S/C10H20N6O/c1-8(2)16(3)7-5-4-6-11-10(17)9-12-14-15-13-9/h8H,4-7H2,1-3H3,(H,11,17)(H,12,13,14,15). The lowest BCUT2D eigenvalue weighted by atomic mass is 10.2. The second-order valence-corrected chi connectivity index (χ2v) is 4.27. The van der Waals surface area contributed by atoms with Gasteiger partial charge in [0.05, 0.1) is 0 Å². The number of hydrogen-bond donors (Lipinski definition) is 2. The minimum atomic E-state index is -0.282. The summed E-state index contributed by atoms with van der Waals surface area (Å²) in [6.07, 6.45) is 2.00. The van der Waals surface area contributed by atoms with Gasteiger partial charge >= 0.3 is 0 Å². The van der Waals surface area contributed by atoms with Crippen LogP contribution in [0.15, 0.2) is 0 Å². The van der Waals surface area contributed by atoms with Crippen molar-refractivity contribution in [3.05, 3.63) is 5.82 Å². The summed E-state index contributed by atoms with van der Waals surface area (Å²) in [6.45, 7) is 6.01. The molecule has 0 bridgehead atoms. The van der Waals surface area contributed by atoms with Crippen molar-refractivity contribution in [2.75, 3.05) is 20.1 Å². The summed E-state index contributed by atoms with van der Waals surface area (Å²) in [5.41, 5.74) is 0. The molecular formula is C10H20N6O. The van der Waals surface area contributed by atoms with E-state index in [1.807, 2.05) is 0 Å². The smallest absolute Gasteiger partial charge is 0.292 e. The Morgan fingerprint density at radius 3 is 2.82 bits per heavy atom. The van der Waals surface area contributed by atoms with Crippen molar-refractivity contribution in [1.82, 2.24) is 30.8 Å². The summed E-state index contributed by atoms with van der Waals surface area (Å²) in [7, 11) is 2.10. The highest BCUT2D eigenvalue weighted by molar-refractivity contribution is 5.89. The number of unbranched alkanes of at least 4 members (excludes halogenated alkanes) is 1. The quantitative estimate of drug-likeness (QED) is 0.658. The molecule has 0 saturated carbocycles. The zero-order valence-corrected chi connectivity index (χ0v) is 10.6. The third kappa shape index (κ3) is 4.90. The minimum Gasteiger partial charge on any atom is -0.349 e. The molecule has 2 N–H and O–H groups in total. The summed E-state index contributed by atoms with van der Waals surface area (Å²) in [4.78, 5) is 13.7. The maximum atomic E-state index is 11.4. The summed E-state index contributed by atoms with van der Waals surface area (Å²) >= 11 is 0. The van der Waals surface area contributed by atoms with Crippen LogP contribution in [-0.4, -0.2) is 57.6 Å². The molecule has 17 heavy (non-hydrogen) atoms. The molecule has 96 valence electrons. The van der Waals surface area contributed by atoms with Gasteiger partial charge in [0.2, 0.25) is 0 Å². The molecule has 0 atom stereocenters.